The van der Waals surface area contributed by atoms with Gasteiger partial charge in [-0.1, -0.05) is 0 Å². The number of amides is 1. The second kappa shape index (κ2) is 3.14. The molecule has 0 spiro atoms. The van der Waals surface area contributed by atoms with E-state index in [9.17, 15) is 9.59 Å². The summed E-state index contributed by atoms with van der Waals surface area (Å²) in [7, 11) is 1.16. The highest BCUT2D eigenvalue weighted by Gasteiger charge is 2.10. The van der Waals surface area contributed by atoms with Crippen LogP contribution in [-0.2, 0) is 0 Å². The maximum absolute atomic E-state index is 11.0. The number of rotatable bonds is 1. The van der Waals surface area contributed by atoms with Gasteiger partial charge in [-0.05, 0) is 0 Å². The fourth-order valence-electron chi connectivity index (χ4n) is 0.651. The lowest BCUT2D eigenvalue weighted by molar-refractivity contribution is -0.0379. The number of hydrogen-bond donors (Lipinski definition) is 2. The van der Waals surface area contributed by atoms with Gasteiger partial charge in [0.2, 0.25) is 0 Å². The quantitative estimate of drug-likeness (QED) is 0.427. The van der Waals surface area contributed by atoms with Crippen molar-refractivity contribution in [2.24, 2.45) is 0 Å². The molecule has 12 heavy (non-hydrogen) atoms. The van der Waals surface area contributed by atoms with Crippen molar-refractivity contribution in [1.82, 2.24) is 15.0 Å². The third-order valence-corrected chi connectivity index (χ3v) is 1.19. The zero-order valence-corrected chi connectivity index (χ0v) is 6.31. The third-order valence-electron chi connectivity index (χ3n) is 1.19. The zero-order valence-electron chi connectivity index (χ0n) is 6.31. The molecule has 64 valence electrons. The Morgan fingerprint density at radius 2 is 2.42 bits per heavy atom. The Morgan fingerprint density at radius 1 is 1.75 bits per heavy atom. The summed E-state index contributed by atoms with van der Waals surface area (Å²) in [5.74, 6) is -0.721. The Morgan fingerprint density at radius 3 is 2.92 bits per heavy atom. The molecule has 0 bridgehead atoms. The molecule has 6 heteroatoms. The van der Waals surface area contributed by atoms with Gasteiger partial charge in [-0.15, -0.1) is 0 Å². The highest BCUT2D eigenvalue weighted by Crippen LogP contribution is 1.91. The molecule has 0 atom stereocenters. The van der Waals surface area contributed by atoms with E-state index in [2.05, 4.69) is 9.97 Å². The molecule has 0 fully saturated rings. The average molecular weight is 169 g/mol. The minimum absolute atomic E-state index is 0.0937. The second-order valence-electron chi connectivity index (χ2n) is 2.13. The molecule has 0 unspecified atom stereocenters. The summed E-state index contributed by atoms with van der Waals surface area (Å²) in [6.45, 7) is 0. The van der Waals surface area contributed by atoms with E-state index in [0.717, 1.165) is 19.4 Å². The fourth-order valence-corrected chi connectivity index (χ4v) is 0.651. The Labute approximate surface area is 67.4 Å². The maximum atomic E-state index is 11.0. The van der Waals surface area contributed by atoms with Crippen molar-refractivity contribution in [2.75, 3.05) is 7.05 Å². The lowest BCUT2D eigenvalue weighted by atomic mass is 10.4. The standard InChI is InChI=1S/C6H7N3O3/c1-9(12)6(11)4-2-5(10)8-3-7-4/h2-3,12H,1H3,(H,7,8,10). The number of nitrogens with zero attached hydrogens (tertiary/aromatic N) is 2. The van der Waals surface area contributed by atoms with Crippen molar-refractivity contribution in [3.8, 4) is 0 Å². The van der Waals surface area contributed by atoms with Gasteiger partial charge in [0.1, 0.15) is 5.69 Å². The molecular weight excluding hydrogens is 162 g/mol. The van der Waals surface area contributed by atoms with E-state index in [0.29, 0.717) is 5.06 Å². The van der Waals surface area contributed by atoms with E-state index in [1.54, 1.807) is 0 Å². The molecule has 0 saturated carbocycles. The number of aromatic amines is 1. The Kier molecular flexibility index (Phi) is 2.20. The average Bonchev–Trinajstić information content (AvgIpc) is 2.03. The van der Waals surface area contributed by atoms with Gasteiger partial charge in [-0.3, -0.25) is 14.8 Å². The van der Waals surface area contributed by atoms with Crippen LogP contribution in [-0.4, -0.2) is 33.2 Å². The van der Waals surface area contributed by atoms with Gasteiger partial charge < -0.3 is 4.98 Å². The number of hydroxylamine groups is 2. The molecule has 0 aliphatic rings. The number of aromatic nitrogens is 2. The maximum Gasteiger partial charge on any atom is 0.295 e. The molecule has 0 aliphatic carbocycles. The van der Waals surface area contributed by atoms with Gasteiger partial charge in [0.25, 0.3) is 11.5 Å². The summed E-state index contributed by atoms with van der Waals surface area (Å²) in [5, 5.41) is 9.06. The van der Waals surface area contributed by atoms with Crippen molar-refractivity contribution in [3.05, 3.63) is 28.4 Å². The summed E-state index contributed by atoms with van der Waals surface area (Å²) in [6.07, 6.45) is 1.10. The Hall–Kier alpha value is -1.69. The summed E-state index contributed by atoms with van der Waals surface area (Å²) in [4.78, 5) is 27.4. The topological polar surface area (TPSA) is 86.3 Å². The number of H-pyrrole nitrogens is 1. The minimum Gasteiger partial charge on any atom is -0.313 e. The van der Waals surface area contributed by atoms with E-state index in [4.69, 9.17) is 5.21 Å². The molecule has 0 saturated heterocycles. The van der Waals surface area contributed by atoms with E-state index in [1.807, 2.05) is 0 Å². The normalized spacial score (nSPS) is 9.50. The van der Waals surface area contributed by atoms with Gasteiger partial charge in [0.15, 0.2) is 0 Å². The van der Waals surface area contributed by atoms with Gasteiger partial charge >= 0.3 is 0 Å². The first-order valence-electron chi connectivity index (χ1n) is 3.13. The molecule has 2 N–H and O–H groups in total. The monoisotopic (exact) mass is 169 g/mol. The predicted octanol–water partition coefficient (Wildman–Crippen LogP) is -0.769. The Bertz CT molecular complexity index is 344. The number of carbonyl (C=O) groups is 1. The van der Waals surface area contributed by atoms with Crippen LogP contribution in [0.1, 0.15) is 10.5 Å². The number of hydrogen-bond acceptors (Lipinski definition) is 4. The smallest absolute Gasteiger partial charge is 0.295 e. The van der Waals surface area contributed by atoms with Gasteiger partial charge in [0.05, 0.1) is 6.33 Å². The molecule has 0 radical (unpaired) electrons. The van der Waals surface area contributed by atoms with Crippen LogP contribution in [0.2, 0.25) is 0 Å². The van der Waals surface area contributed by atoms with Crippen LogP contribution in [0.15, 0.2) is 17.2 Å². The van der Waals surface area contributed by atoms with Crippen LogP contribution < -0.4 is 5.56 Å². The highest BCUT2D eigenvalue weighted by molar-refractivity contribution is 5.90. The molecule has 6 nitrogen and oxygen atoms in total. The van der Waals surface area contributed by atoms with Crippen molar-refractivity contribution in [1.29, 1.82) is 0 Å². The third kappa shape index (κ3) is 1.67. The largest absolute Gasteiger partial charge is 0.313 e. The molecule has 0 aromatic carbocycles. The second-order valence-corrected chi connectivity index (χ2v) is 2.13. The minimum atomic E-state index is -0.721. The summed E-state index contributed by atoms with van der Waals surface area (Å²) >= 11 is 0. The summed E-state index contributed by atoms with van der Waals surface area (Å²) in [6, 6.07) is 1.01. The first kappa shape index (κ1) is 8.41. The lowest BCUT2D eigenvalue weighted by Crippen LogP contribution is -2.25. The molecule has 1 rings (SSSR count). The molecule has 0 aliphatic heterocycles. The fraction of sp³-hybridized carbons (Fsp3) is 0.167. The van der Waals surface area contributed by atoms with E-state index >= 15 is 0 Å². The predicted molar refractivity (Wildman–Crippen MR) is 38.7 cm³/mol. The summed E-state index contributed by atoms with van der Waals surface area (Å²) in [5.41, 5.74) is -0.529. The van der Waals surface area contributed by atoms with Crippen molar-refractivity contribution in [2.45, 2.75) is 0 Å². The first-order chi connectivity index (χ1) is 5.61. The van der Waals surface area contributed by atoms with Crippen molar-refractivity contribution >= 4 is 5.91 Å². The summed E-state index contributed by atoms with van der Waals surface area (Å²) < 4.78 is 0. The lowest BCUT2D eigenvalue weighted by Gasteiger charge is -2.05. The molecule has 1 amide bonds. The van der Waals surface area contributed by atoms with E-state index in [-0.39, 0.29) is 5.69 Å². The van der Waals surface area contributed by atoms with Gasteiger partial charge in [-0.2, -0.15) is 0 Å². The van der Waals surface area contributed by atoms with Gasteiger partial charge in [0, 0.05) is 13.1 Å². The van der Waals surface area contributed by atoms with Gasteiger partial charge in [-0.25, -0.2) is 10.0 Å². The number of nitrogens with one attached hydrogen (secondary N) is 1. The van der Waals surface area contributed by atoms with Crippen molar-refractivity contribution in [3.63, 3.8) is 0 Å². The van der Waals surface area contributed by atoms with Crippen molar-refractivity contribution < 1.29 is 10.0 Å². The van der Waals surface area contributed by atoms with E-state index < -0.39 is 11.5 Å². The molecule has 1 aromatic rings. The van der Waals surface area contributed by atoms with E-state index in [1.165, 1.54) is 0 Å². The van der Waals surface area contributed by atoms with Crippen LogP contribution in [0, 0.1) is 0 Å². The number of carbonyl (C=O) groups excluding carboxylic acids is 1. The highest BCUT2D eigenvalue weighted by atomic mass is 16.5. The first-order valence-corrected chi connectivity index (χ1v) is 3.13. The Balaban J connectivity index is 3.04. The SMILES string of the molecule is CN(O)C(=O)c1cc(=O)[nH]cn1. The van der Waals surface area contributed by atoms with Crippen LogP contribution in [0.4, 0.5) is 0 Å². The van der Waals surface area contributed by atoms with Crippen LogP contribution in [0.3, 0.4) is 0 Å². The van der Waals surface area contributed by atoms with Crippen LogP contribution >= 0.6 is 0 Å². The molecule has 1 aromatic heterocycles. The zero-order chi connectivity index (χ0) is 9.14. The molecular formula is C6H7N3O3. The van der Waals surface area contributed by atoms with Crippen LogP contribution in [0.25, 0.3) is 0 Å². The molecule has 1 heterocycles. The van der Waals surface area contributed by atoms with Crippen LogP contribution in [0.5, 0.6) is 0 Å².